The summed E-state index contributed by atoms with van der Waals surface area (Å²) >= 11 is 0. The largest absolute Gasteiger partial charge is 0.872 e. The van der Waals surface area contributed by atoms with E-state index in [2.05, 4.69) is 0 Å². The van der Waals surface area contributed by atoms with Crippen LogP contribution in [0, 0.1) is 0 Å². The molecular weight excluding hydrogens is 626 g/mol. The normalized spacial score (nSPS) is 14.4. The van der Waals surface area contributed by atoms with Crippen LogP contribution in [-0.4, -0.2) is 5.78 Å². The molecule has 0 N–H and O–H groups in total. The zero-order valence-electron chi connectivity index (χ0n) is 18.5. The maximum atomic E-state index is 13.2. The van der Waals surface area contributed by atoms with E-state index in [1.54, 1.807) is 0 Å². The molecule has 0 aliphatic carbocycles. The fourth-order valence-corrected chi connectivity index (χ4v) is 3.36. The van der Waals surface area contributed by atoms with Crippen LogP contribution in [0.15, 0.2) is 30.3 Å². The summed E-state index contributed by atoms with van der Waals surface area (Å²) < 4.78 is 237. The van der Waals surface area contributed by atoms with Crippen molar-refractivity contribution in [3.05, 3.63) is 74.8 Å². The lowest BCUT2D eigenvalue weighted by Crippen LogP contribution is -2.24. The maximum absolute atomic E-state index is 13.2. The predicted octanol–water partition coefficient (Wildman–Crippen LogP) is 8.38. The van der Waals surface area contributed by atoms with Crippen LogP contribution >= 0.6 is 0 Å². The van der Waals surface area contributed by atoms with Crippen molar-refractivity contribution in [1.29, 1.82) is 0 Å². The average molecular weight is 631 g/mol. The van der Waals surface area contributed by atoms with E-state index in [1.165, 1.54) is 0 Å². The van der Waals surface area contributed by atoms with Gasteiger partial charge >= 0.3 is 37.1 Å². The number of ketones is 1. The molecule has 2 rings (SSSR count). The second-order valence-corrected chi connectivity index (χ2v) is 7.75. The molecule has 0 radical (unpaired) electrons. The number of alkyl halides is 18. The van der Waals surface area contributed by atoms with E-state index < -0.39 is 123 Å². The number of hydrogen-bond donors (Lipinski definition) is 0. The Bertz CT molecular complexity index is 1290. The molecule has 0 amide bonds. The summed E-state index contributed by atoms with van der Waals surface area (Å²) in [5.74, 6) is -4.77. The summed E-state index contributed by atoms with van der Waals surface area (Å²) in [5, 5.41) is 12.2. The van der Waals surface area contributed by atoms with Crippen LogP contribution in [0.5, 0.6) is 0 Å². The second-order valence-electron chi connectivity index (χ2n) is 7.75. The first-order chi connectivity index (χ1) is 18.0. The number of halogens is 18. The second kappa shape index (κ2) is 10.0. The molecule has 0 heterocycles. The molecule has 0 spiro atoms. The highest BCUT2D eigenvalue weighted by Gasteiger charge is 2.52. The Balaban J connectivity index is 2.90. The minimum Gasteiger partial charge on any atom is -0.872 e. The van der Waals surface area contributed by atoms with Gasteiger partial charge in [-0.25, -0.2) is 0 Å². The topological polar surface area (TPSA) is 40.1 Å². The number of benzene rings is 2. The van der Waals surface area contributed by atoms with Crippen molar-refractivity contribution < 1.29 is 88.9 Å². The van der Waals surface area contributed by atoms with Gasteiger partial charge in [0.05, 0.1) is 33.4 Å². The van der Waals surface area contributed by atoms with Crippen molar-refractivity contribution in [2.45, 2.75) is 37.1 Å². The van der Waals surface area contributed by atoms with Crippen molar-refractivity contribution in [3.63, 3.8) is 0 Å². The van der Waals surface area contributed by atoms with Gasteiger partial charge in [0.1, 0.15) is 0 Å². The van der Waals surface area contributed by atoms with Crippen LogP contribution in [0.1, 0.15) is 49.3 Å². The zero-order valence-corrected chi connectivity index (χ0v) is 18.5. The predicted molar refractivity (Wildman–Crippen MR) is 95.2 cm³/mol. The molecular formula is C21H5F18O2-. The van der Waals surface area contributed by atoms with Gasteiger partial charge in [-0.3, -0.25) is 4.79 Å². The number of hydrogen-bond acceptors (Lipinski definition) is 2. The van der Waals surface area contributed by atoms with Crippen molar-refractivity contribution in [3.8, 4) is 0 Å². The van der Waals surface area contributed by atoms with E-state index in [4.69, 9.17) is 0 Å². The summed E-state index contributed by atoms with van der Waals surface area (Å²) in [5.41, 5.74) is -23.0. The van der Waals surface area contributed by atoms with Gasteiger partial charge in [-0.1, -0.05) is 5.76 Å². The van der Waals surface area contributed by atoms with Crippen molar-refractivity contribution in [2.75, 3.05) is 0 Å². The van der Waals surface area contributed by atoms with Gasteiger partial charge in [0.15, 0.2) is 5.78 Å². The molecule has 0 bridgehead atoms. The molecule has 0 unspecified atom stereocenters. The van der Waals surface area contributed by atoms with Gasteiger partial charge in [-0.05, 0) is 35.9 Å². The van der Waals surface area contributed by atoms with Gasteiger partial charge < -0.3 is 5.11 Å². The molecule has 0 aliphatic rings. The fraction of sp³-hybridized carbons (Fsp3) is 0.286. The molecule has 0 atom stereocenters. The minimum atomic E-state index is -6.33. The van der Waals surface area contributed by atoms with Gasteiger partial charge in [0.2, 0.25) is 0 Å². The van der Waals surface area contributed by atoms with Gasteiger partial charge in [-0.2, -0.15) is 79.0 Å². The van der Waals surface area contributed by atoms with E-state index in [9.17, 15) is 88.9 Å². The highest BCUT2D eigenvalue weighted by molar-refractivity contribution is 6.08. The van der Waals surface area contributed by atoms with Crippen LogP contribution in [0.2, 0.25) is 0 Å². The highest BCUT2D eigenvalue weighted by Crippen LogP contribution is 2.49. The summed E-state index contributed by atoms with van der Waals surface area (Å²) in [6.45, 7) is 0. The first-order valence-corrected chi connectivity index (χ1v) is 9.70. The maximum Gasteiger partial charge on any atom is 0.417 e. The Kier molecular flexibility index (Phi) is 8.22. The fourth-order valence-electron chi connectivity index (χ4n) is 3.36. The first kappa shape index (κ1) is 33.6. The van der Waals surface area contributed by atoms with Crippen molar-refractivity contribution in [2.24, 2.45) is 0 Å². The van der Waals surface area contributed by atoms with Crippen molar-refractivity contribution >= 4 is 11.5 Å². The molecule has 0 aliphatic heterocycles. The SMILES string of the molecule is O=C(/C=C(\[O-])c1cc(C(F)(F)F)c(C(F)(F)F)c(C(F)(F)F)c1)c1cc(C(F)(F)F)c(C(F)(F)F)c(C(F)(F)F)c1. The molecule has 0 fully saturated rings. The number of carbonyl (C=O) groups excluding carboxylic acids is 1. The molecule has 41 heavy (non-hydrogen) atoms. The van der Waals surface area contributed by atoms with Crippen LogP contribution in [0.3, 0.4) is 0 Å². The lowest BCUT2D eigenvalue weighted by Gasteiger charge is -2.24. The monoisotopic (exact) mass is 631 g/mol. The number of allylic oxidation sites excluding steroid dienone is 1. The Morgan fingerprint density at radius 3 is 0.927 bits per heavy atom. The summed E-state index contributed by atoms with van der Waals surface area (Å²) in [6, 6.07) is -3.28. The van der Waals surface area contributed by atoms with Gasteiger partial charge in [-0.15, -0.1) is 0 Å². The molecule has 2 nitrogen and oxygen atoms in total. The Hall–Kier alpha value is -3.61. The summed E-state index contributed by atoms with van der Waals surface area (Å²) in [7, 11) is 0. The van der Waals surface area contributed by atoms with E-state index in [1.807, 2.05) is 0 Å². The number of carbonyl (C=O) groups is 1. The van der Waals surface area contributed by atoms with E-state index in [0.29, 0.717) is 0 Å². The standard InChI is InChI=1S/C21H6F18O2/c22-16(23,24)8-1-6(2-9(17(25,26)27)14(8)20(34,35)36)12(40)5-13(41)7-3-10(18(28,29)30)15(21(37,38)39)11(4-7)19(31,32)33/h1-5,40H/p-1/b12-5-. The summed E-state index contributed by atoms with van der Waals surface area (Å²) in [4.78, 5) is 12.2. The third kappa shape index (κ3) is 7.38. The Morgan fingerprint density at radius 2 is 0.707 bits per heavy atom. The lowest BCUT2D eigenvalue weighted by atomic mass is 9.93. The van der Waals surface area contributed by atoms with Gasteiger partial charge in [0, 0.05) is 5.56 Å². The Labute approximate surface area is 213 Å². The van der Waals surface area contributed by atoms with E-state index >= 15 is 0 Å². The third-order valence-electron chi connectivity index (χ3n) is 4.90. The molecule has 0 saturated heterocycles. The average Bonchev–Trinajstić information content (AvgIpc) is 2.73. The first-order valence-electron chi connectivity index (χ1n) is 9.70. The molecule has 2 aromatic rings. The highest BCUT2D eigenvalue weighted by atomic mass is 19.4. The quantitative estimate of drug-likeness (QED) is 0.148. The van der Waals surface area contributed by atoms with Crippen LogP contribution in [0.25, 0.3) is 5.76 Å². The van der Waals surface area contributed by atoms with Crippen molar-refractivity contribution in [1.82, 2.24) is 0 Å². The molecule has 2 aromatic carbocycles. The number of rotatable bonds is 3. The third-order valence-corrected chi connectivity index (χ3v) is 4.90. The summed E-state index contributed by atoms with van der Waals surface area (Å²) in [6.07, 6.45) is -38.3. The smallest absolute Gasteiger partial charge is 0.417 e. The minimum absolute atomic E-state index is 0.716. The van der Waals surface area contributed by atoms with Crippen LogP contribution in [-0.2, 0) is 37.1 Å². The lowest BCUT2D eigenvalue weighted by molar-refractivity contribution is -0.243. The van der Waals surface area contributed by atoms with Gasteiger partial charge in [0.25, 0.3) is 0 Å². The van der Waals surface area contributed by atoms with Crippen LogP contribution < -0.4 is 5.11 Å². The van der Waals surface area contributed by atoms with Crippen LogP contribution in [0.4, 0.5) is 79.0 Å². The molecule has 20 heteroatoms. The zero-order chi connectivity index (χ0) is 32.3. The van der Waals surface area contributed by atoms with E-state index in [-0.39, 0.29) is 0 Å². The molecule has 228 valence electrons. The Morgan fingerprint density at radius 1 is 0.463 bits per heavy atom. The molecule has 0 aromatic heterocycles. The van der Waals surface area contributed by atoms with E-state index in [0.717, 1.165) is 0 Å². The molecule has 0 saturated carbocycles.